The molecule has 0 saturated carbocycles. The number of rotatable bonds is 4. The molecule has 0 spiro atoms. The molecule has 2 aromatic rings. The van der Waals surface area contributed by atoms with E-state index < -0.39 is 5.97 Å². The van der Waals surface area contributed by atoms with Crippen molar-refractivity contribution >= 4 is 17.3 Å². The fraction of sp³-hybridized carbons (Fsp3) is 0.0833. The van der Waals surface area contributed by atoms with Crippen molar-refractivity contribution in [3.8, 4) is 0 Å². The fourth-order valence-corrected chi connectivity index (χ4v) is 1.47. The molecule has 0 aliphatic heterocycles. The minimum Gasteiger partial charge on any atom is -0.478 e. The second-order valence-electron chi connectivity index (χ2n) is 3.68. The summed E-state index contributed by atoms with van der Waals surface area (Å²) in [5.74, 6) is -0.998. The molecule has 1 aromatic heterocycles. The Labute approximate surface area is 103 Å². The molecule has 1 heterocycles. The average molecular weight is 244 g/mol. The largest absolute Gasteiger partial charge is 0.478 e. The van der Waals surface area contributed by atoms with Crippen molar-refractivity contribution in [3.63, 3.8) is 0 Å². The van der Waals surface area contributed by atoms with E-state index in [4.69, 9.17) is 10.8 Å². The van der Waals surface area contributed by atoms with Gasteiger partial charge in [0.05, 0.1) is 29.2 Å². The Morgan fingerprint density at radius 2 is 2.22 bits per heavy atom. The van der Waals surface area contributed by atoms with Gasteiger partial charge in [0, 0.05) is 6.20 Å². The highest BCUT2D eigenvalue weighted by molar-refractivity contribution is 5.90. The quantitative estimate of drug-likeness (QED) is 0.702. The lowest BCUT2D eigenvalue weighted by Gasteiger charge is -2.09. The molecule has 0 amide bonds. The molecule has 0 fully saturated rings. The predicted octanol–water partition coefficient (Wildman–Crippen LogP) is 1.37. The van der Waals surface area contributed by atoms with E-state index in [1.54, 1.807) is 18.3 Å². The van der Waals surface area contributed by atoms with Crippen molar-refractivity contribution < 1.29 is 9.90 Å². The van der Waals surface area contributed by atoms with E-state index in [1.807, 2.05) is 6.07 Å². The summed E-state index contributed by atoms with van der Waals surface area (Å²) in [5.41, 5.74) is 7.76. The standard InChI is InChI=1S/C12H12N4O2/c13-10-6-8(12(17)18)3-4-11(10)14-7-9-2-1-5-15-16-9/h1-6,14H,7,13H2,(H,17,18). The molecule has 4 N–H and O–H groups in total. The Balaban J connectivity index is 2.08. The maximum atomic E-state index is 10.7. The average Bonchev–Trinajstić information content (AvgIpc) is 2.38. The zero-order valence-corrected chi connectivity index (χ0v) is 9.50. The SMILES string of the molecule is Nc1cc(C(=O)O)ccc1NCc1cccnn1. The van der Waals surface area contributed by atoms with Gasteiger partial charge in [0.25, 0.3) is 0 Å². The lowest BCUT2D eigenvalue weighted by Crippen LogP contribution is -2.06. The number of carboxylic acids is 1. The second kappa shape index (κ2) is 5.13. The van der Waals surface area contributed by atoms with E-state index in [1.165, 1.54) is 12.1 Å². The number of nitrogens with one attached hydrogen (secondary N) is 1. The van der Waals surface area contributed by atoms with Crippen LogP contribution in [0, 0.1) is 0 Å². The van der Waals surface area contributed by atoms with Crippen LogP contribution in [0.3, 0.4) is 0 Å². The molecule has 1 aromatic carbocycles. The number of hydrogen-bond donors (Lipinski definition) is 3. The molecule has 0 aliphatic rings. The summed E-state index contributed by atoms with van der Waals surface area (Å²) < 4.78 is 0. The van der Waals surface area contributed by atoms with Gasteiger partial charge in [0.2, 0.25) is 0 Å². The van der Waals surface area contributed by atoms with Crippen LogP contribution >= 0.6 is 0 Å². The molecule has 0 aliphatic carbocycles. The number of nitrogens with zero attached hydrogens (tertiary/aromatic N) is 2. The van der Waals surface area contributed by atoms with Crippen molar-refractivity contribution in [2.24, 2.45) is 0 Å². The zero-order valence-electron chi connectivity index (χ0n) is 9.50. The number of anilines is 2. The number of aromatic carboxylic acids is 1. The lowest BCUT2D eigenvalue weighted by molar-refractivity contribution is 0.0697. The highest BCUT2D eigenvalue weighted by Crippen LogP contribution is 2.20. The van der Waals surface area contributed by atoms with Gasteiger partial charge in [-0.3, -0.25) is 0 Å². The summed E-state index contributed by atoms with van der Waals surface area (Å²) in [7, 11) is 0. The maximum Gasteiger partial charge on any atom is 0.335 e. The van der Waals surface area contributed by atoms with Gasteiger partial charge in [-0.15, -0.1) is 0 Å². The van der Waals surface area contributed by atoms with Crippen molar-refractivity contribution in [1.82, 2.24) is 10.2 Å². The topological polar surface area (TPSA) is 101 Å². The molecule has 92 valence electrons. The minimum atomic E-state index is -0.998. The summed E-state index contributed by atoms with van der Waals surface area (Å²) in [6.45, 7) is 0.477. The number of benzene rings is 1. The van der Waals surface area contributed by atoms with Crippen LogP contribution in [-0.2, 0) is 6.54 Å². The first-order valence-electron chi connectivity index (χ1n) is 5.30. The number of carbonyl (C=O) groups is 1. The van der Waals surface area contributed by atoms with Crippen molar-refractivity contribution in [1.29, 1.82) is 0 Å². The van der Waals surface area contributed by atoms with Crippen LogP contribution in [0.1, 0.15) is 16.1 Å². The van der Waals surface area contributed by atoms with Crippen LogP contribution in [-0.4, -0.2) is 21.3 Å². The lowest BCUT2D eigenvalue weighted by atomic mass is 10.1. The van der Waals surface area contributed by atoms with Crippen molar-refractivity contribution in [2.45, 2.75) is 6.54 Å². The Kier molecular flexibility index (Phi) is 3.38. The number of hydrogen-bond acceptors (Lipinski definition) is 5. The van der Waals surface area contributed by atoms with E-state index in [0.29, 0.717) is 17.9 Å². The van der Waals surface area contributed by atoms with Crippen LogP contribution in [0.15, 0.2) is 36.5 Å². The van der Waals surface area contributed by atoms with Gasteiger partial charge in [-0.1, -0.05) is 0 Å². The van der Waals surface area contributed by atoms with Gasteiger partial charge < -0.3 is 16.2 Å². The maximum absolute atomic E-state index is 10.7. The van der Waals surface area contributed by atoms with Crippen LogP contribution in [0.2, 0.25) is 0 Å². The molecule has 6 nitrogen and oxygen atoms in total. The first-order valence-corrected chi connectivity index (χ1v) is 5.30. The molecule has 0 bridgehead atoms. The van der Waals surface area contributed by atoms with Crippen LogP contribution in [0.5, 0.6) is 0 Å². The summed E-state index contributed by atoms with van der Waals surface area (Å²) in [5, 5.41) is 19.6. The fourth-order valence-electron chi connectivity index (χ4n) is 1.47. The monoisotopic (exact) mass is 244 g/mol. The van der Waals surface area contributed by atoms with Crippen LogP contribution < -0.4 is 11.1 Å². The Morgan fingerprint density at radius 3 is 2.83 bits per heavy atom. The Bertz CT molecular complexity index is 557. The highest BCUT2D eigenvalue weighted by atomic mass is 16.4. The predicted molar refractivity (Wildman–Crippen MR) is 67.2 cm³/mol. The molecule has 18 heavy (non-hydrogen) atoms. The molecule has 0 unspecified atom stereocenters. The van der Waals surface area contributed by atoms with Crippen molar-refractivity contribution in [2.75, 3.05) is 11.1 Å². The third kappa shape index (κ3) is 2.73. The second-order valence-corrected chi connectivity index (χ2v) is 3.68. The normalized spacial score (nSPS) is 10.0. The van der Waals surface area contributed by atoms with Crippen LogP contribution in [0.25, 0.3) is 0 Å². The molecule has 0 atom stereocenters. The van der Waals surface area contributed by atoms with Gasteiger partial charge >= 0.3 is 5.97 Å². The van der Waals surface area contributed by atoms with Gasteiger partial charge in [0.15, 0.2) is 0 Å². The number of nitrogens with two attached hydrogens (primary N) is 1. The van der Waals surface area contributed by atoms with Gasteiger partial charge in [-0.2, -0.15) is 10.2 Å². The number of aromatic nitrogens is 2. The van der Waals surface area contributed by atoms with Crippen LogP contribution in [0.4, 0.5) is 11.4 Å². The number of nitrogen functional groups attached to an aromatic ring is 1. The third-order valence-corrected chi connectivity index (χ3v) is 2.39. The van der Waals surface area contributed by atoms with E-state index in [0.717, 1.165) is 5.69 Å². The van der Waals surface area contributed by atoms with E-state index in [-0.39, 0.29) is 5.56 Å². The summed E-state index contributed by atoms with van der Waals surface area (Å²) in [4.78, 5) is 10.7. The first kappa shape index (κ1) is 11.8. The highest BCUT2D eigenvalue weighted by Gasteiger charge is 2.06. The molecular formula is C12H12N4O2. The summed E-state index contributed by atoms with van der Waals surface area (Å²) in [6.07, 6.45) is 1.60. The molecule has 6 heteroatoms. The number of carboxylic acid groups (broad SMARTS) is 1. The molecular weight excluding hydrogens is 232 g/mol. The van der Waals surface area contributed by atoms with Gasteiger partial charge in [-0.05, 0) is 30.3 Å². The molecule has 0 radical (unpaired) electrons. The van der Waals surface area contributed by atoms with E-state index in [2.05, 4.69) is 15.5 Å². The minimum absolute atomic E-state index is 0.164. The molecule has 0 saturated heterocycles. The van der Waals surface area contributed by atoms with E-state index in [9.17, 15) is 4.79 Å². The smallest absolute Gasteiger partial charge is 0.335 e. The van der Waals surface area contributed by atoms with Gasteiger partial charge in [0.1, 0.15) is 0 Å². The summed E-state index contributed by atoms with van der Waals surface area (Å²) >= 11 is 0. The first-order chi connectivity index (χ1) is 8.66. The van der Waals surface area contributed by atoms with Crippen molar-refractivity contribution in [3.05, 3.63) is 47.8 Å². The zero-order chi connectivity index (χ0) is 13.0. The summed E-state index contributed by atoms with van der Waals surface area (Å²) in [6, 6.07) is 8.18. The van der Waals surface area contributed by atoms with E-state index >= 15 is 0 Å². The molecule has 2 rings (SSSR count). The Hall–Kier alpha value is -2.63. The third-order valence-electron chi connectivity index (χ3n) is 2.39. The van der Waals surface area contributed by atoms with Gasteiger partial charge in [-0.25, -0.2) is 4.79 Å². The Morgan fingerprint density at radius 1 is 1.39 bits per heavy atom.